The Morgan fingerprint density at radius 3 is 2.80 bits per heavy atom. The minimum absolute atomic E-state index is 0.0802. The quantitative estimate of drug-likeness (QED) is 0.848. The van der Waals surface area contributed by atoms with Crippen LogP contribution in [0.1, 0.15) is 37.0 Å². The molecule has 1 aromatic rings. The Morgan fingerprint density at radius 2 is 2.15 bits per heavy atom. The molecule has 2 rings (SSSR count). The Hall–Kier alpha value is -1.26. The van der Waals surface area contributed by atoms with Crippen molar-refractivity contribution in [3.8, 4) is 0 Å². The highest BCUT2D eigenvalue weighted by molar-refractivity contribution is 6.31. The molecule has 0 aliphatic heterocycles. The zero-order chi connectivity index (χ0) is 14.5. The highest BCUT2D eigenvalue weighted by Crippen LogP contribution is 2.25. The molecule has 2 N–H and O–H groups in total. The highest BCUT2D eigenvalue weighted by atomic mass is 35.5. The number of nitrogens with one attached hydrogen (secondary N) is 2. The fourth-order valence-corrected chi connectivity index (χ4v) is 2.54. The van der Waals surface area contributed by atoms with Crippen LogP contribution in [0.25, 0.3) is 0 Å². The maximum Gasteiger partial charge on any atom is 0.253 e. The van der Waals surface area contributed by atoms with Crippen LogP contribution in [0.15, 0.2) is 18.2 Å². The number of hydrogen-bond acceptors (Lipinski definition) is 3. The molecule has 1 fully saturated rings. The lowest BCUT2D eigenvalue weighted by Crippen LogP contribution is -2.47. The highest BCUT2D eigenvalue weighted by Gasteiger charge is 2.31. The van der Waals surface area contributed by atoms with Gasteiger partial charge in [-0.1, -0.05) is 11.6 Å². The van der Waals surface area contributed by atoms with E-state index in [0.717, 1.165) is 31.7 Å². The smallest absolute Gasteiger partial charge is 0.253 e. The molecule has 0 spiro atoms. The molecule has 0 heterocycles. The number of ether oxygens (including phenoxy) is 1. The minimum atomic E-state index is -0.0802. The molecule has 4 nitrogen and oxygen atoms in total. The lowest BCUT2D eigenvalue weighted by Gasteiger charge is -2.35. The van der Waals surface area contributed by atoms with Crippen molar-refractivity contribution in [2.75, 3.05) is 18.5 Å². The summed E-state index contributed by atoms with van der Waals surface area (Å²) in [5.41, 5.74) is 1.41. The van der Waals surface area contributed by atoms with Crippen LogP contribution in [-0.4, -0.2) is 31.2 Å². The van der Waals surface area contributed by atoms with Crippen molar-refractivity contribution in [2.24, 2.45) is 0 Å². The van der Waals surface area contributed by atoms with Gasteiger partial charge in [0.2, 0.25) is 0 Å². The molecule has 0 saturated heterocycles. The number of benzene rings is 1. The van der Waals surface area contributed by atoms with Gasteiger partial charge in [-0.2, -0.15) is 0 Å². The molecule has 0 bridgehead atoms. The van der Waals surface area contributed by atoms with E-state index in [-0.39, 0.29) is 18.1 Å². The third-order valence-electron chi connectivity index (χ3n) is 3.43. The molecule has 1 aliphatic rings. The van der Waals surface area contributed by atoms with Gasteiger partial charge in [0.1, 0.15) is 0 Å². The topological polar surface area (TPSA) is 50.4 Å². The summed E-state index contributed by atoms with van der Waals surface area (Å²) in [6, 6.07) is 5.52. The van der Waals surface area contributed by atoms with E-state index in [1.54, 1.807) is 12.1 Å². The van der Waals surface area contributed by atoms with Gasteiger partial charge in [0.05, 0.1) is 11.7 Å². The monoisotopic (exact) mass is 296 g/mol. The van der Waals surface area contributed by atoms with Crippen LogP contribution >= 0.6 is 11.6 Å². The van der Waals surface area contributed by atoms with E-state index in [4.69, 9.17) is 16.3 Å². The first-order valence-electron chi connectivity index (χ1n) is 7.09. The predicted molar refractivity (Wildman–Crippen MR) is 81.5 cm³/mol. The normalized spacial score (nSPS) is 21.1. The van der Waals surface area contributed by atoms with Crippen LogP contribution in [0.4, 0.5) is 5.69 Å². The van der Waals surface area contributed by atoms with E-state index in [2.05, 4.69) is 10.6 Å². The third kappa shape index (κ3) is 3.64. The first-order chi connectivity index (χ1) is 9.63. The van der Waals surface area contributed by atoms with Gasteiger partial charge in [0.25, 0.3) is 5.91 Å². The number of amides is 1. The van der Waals surface area contributed by atoms with Gasteiger partial charge in [-0.05, 0) is 44.9 Å². The first kappa shape index (κ1) is 15.1. The fraction of sp³-hybridized carbons (Fsp3) is 0.533. The zero-order valence-electron chi connectivity index (χ0n) is 11.9. The van der Waals surface area contributed by atoms with E-state index in [1.807, 2.05) is 19.9 Å². The van der Waals surface area contributed by atoms with Crippen LogP contribution in [0.2, 0.25) is 5.02 Å². The number of halogens is 1. The van der Waals surface area contributed by atoms with Gasteiger partial charge in [0.15, 0.2) is 0 Å². The van der Waals surface area contributed by atoms with Gasteiger partial charge in [-0.25, -0.2) is 0 Å². The molecule has 1 aromatic carbocycles. The Bertz CT molecular complexity index is 473. The van der Waals surface area contributed by atoms with Crippen molar-refractivity contribution in [3.63, 3.8) is 0 Å². The molecule has 0 radical (unpaired) electrons. The summed E-state index contributed by atoms with van der Waals surface area (Å²) in [5.74, 6) is -0.0802. The third-order valence-corrected chi connectivity index (χ3v) is 3.66. The predicted octanol–water partition coefficient (Wildman–Crippen LogP) is 3.07. The molecular weight excluding hydrogens is 276 g/mol. The first-order valence-corrected chi connectivity index (χ1v) is 7.47. The Kier molecular flexibility index (Phi) is 5.26. The number of carbonyl (C=O) groups is 1. The molecule has 1 aliphatic carbocycles. The van der Waals surface area contributed by atoms with Crippen molar-refractivity contribution in [3.05, 3.63) is 28.8 Å². The molecule has 1 saturated carbocycles. The number of anilines is 1. The fourth-order valence-electron chi connectivity index (χ4n) is 2.37. The number of carbonyl (C=O) groups excluding carboxylic acids is 1. The van der Waals surface area contributed by atoms with E-state index < -0.39 is 0 Å². The number of rotatable bonds is 6. The largest absolute Gasteiger partial charge is 0.385 e. The minimum Gasteiger partial charge on any atom is -0.385 e. The molecule has 1 amide bonds. The summed E-state index contributed by atoms with van der Waals surface area (Å²) in [7, 11) is 0. The van der Waals surface area contributed by atoms with Gasteiger partial charge < -0.3 is 15.4 Å². The second kappa shape index (κ2) is 6.95. The Morgan fingerprint density at radius 1 is 1.40 bits per heavy atom. The second-order valence-corrected chi connectivity index (χ2v) is 5.38. The van der Waals surface area contributed by atoms with Crippen LogP contribution in [0.5, 0.6) is 0 Å². The van der Waals surface area contributed by atoms with E-state index >= 15 is 0 Å². The van der Waals surface area contributed by atoms with Crippen molar-refractivity contribution in [1.82, 2.24) is 5.32 Å². The maximum atomic E-state index is 12.3. The average Bonchev–Trinajstić information content (AvgIpc) is 2.38. The van der Waals surface area contributed by atoms with Crippen LogP contribution < -0.4 is 10.6 Å². The maximum absolute atomic E-state index is 12.3. The molecular formula is C15H21ClN2O2. The second-order valence-electron chi connectivity index (χ2n) is 4.94. The van der Waals surface area contributed by atoms with Gasteiger partial charge in [-0.15, -0.1) is 0 Å². The molecule has 20 heavy (non-hydrogen) atoms. The molecule has 110 valence electrons. The Balaban J connectivity index is 1.97. The zero-order valence-corrected chi connectivity index (χ0v) is 12.7. The summed E-state index contributed by atoms with van der Waals surface area (Å²) in [5, 5.41) is 6.78. The van der Waals surface area contributed by atoms with Crippen molar-refractivity contribution in [2.45, 2.75) is 38.8 Å². The summed E-state index contributed by atoms with van der Waals surface area (Å²) < 4.78 is 5.49. The standard InChI is InChI=1S/C15H21ClN2O2/c1-3-17-14-6-5-10(16)7-13(14)15(19)18-11-8-12(9-11)20-4-2/h5-7,11-12,17H,3-4,8-9H2,1-2H3,(H,18,19). The van der Waals surface area contributed by atoms with Crippen LogP contribution in [0, 0.1) is 0 Å². The van der Waals surface area contributed by atoms with Crippen molar-refractivity contribution < 1.29 is 9.53 Å². The summed E-state index contributed by atoms with van der Waals surface area (Å²) >= 11 is 5.98. The summed E-state index contributed by atoms with van der Waals surface area (Å²) in [6.07, 6.45) is 2.06. The molecule has 0 unspecified atom stereocenters. The Labute approximate surface area is 124 Å². The SMILES string of the molecule is CCNc1ccc(Cl)cc1C(=O)NC1CC(OCC)C1. The van der Waals surface area contributed by atoms with Gasteiger partial charge in [-0.3, -0.25) is 4.79 Å². The average molecular weight is 297 g/mol. The van der Waals surface area contributed by atoms with Gasteiger partial charge in [0, 0.05) is 29.9 Å². The molecule has 0 atom stereocenters. The lowest BCUT2D eigenvalue weighted by molar-refractivity contribution is -0.00861. The molecule has 5 heteroatoms. The summed E-state index contributed by atoms with van der Waals surface area (Å²) in [6.45, 7) is 5.47. The van der Waals surface area contributed by atoms with Crippen LogP contribution in [-0.2, 0) is 4.74 Å². The van der Waals surface area contributed by atoms with Crippen LogP contribution in [0.3, 0.4) is 0 Å². The van der Waals surface area contributed by atoms with E-state index in [0.29, 0.717) is 10.6 Å². The van der Waals surface area contributed by atoms with Crippen molar-refractivity contribution in [1.29, 1.82) is 0 Å². The van der Waals surface area contributed by atoms with Gasteiger partial charge >= 0.3 is 0 Å². The van der Waals surface area contributed by atoms with E-state index in [1.165, 1.54) is 0 Å². The van der Waals surface area contributed by atoms with Crippen molar-refractivity contribution >= 4 is 23.2 Å². The lowest BCUT2D eigenvalue weighted by atomic mass is 9.89. The van der Waals surface area contributed by atoms with E-state index in [9.17, 15) is 4.79 Å². The summed E-state index contributed by atoms with van der Waals surface area (Å²) in [4.78, 5) is 12.3. The number of hydrogen-bond donors (Lipinski definition) is 2. The molecule has 0 aromatic heterocycles.